The van der Waals surface area contributed by atoms with Gasteiger partial charge in [-0.2, -0.15) is 0 Å². The number of nitrogens with zero attached hydrogens (tertiary/aromatic N) is 1. The van der Waals surface area contributed by atoms with Gasteiger partial charge in [-0.05, 0) is 29.7 Å². The van der Waals surface area contributed by atoms with Crippen LogP contribution in [0.15, 0.2) is 48.5 Å². The van der Waals surface area contributed by atoms with E-state index in [0.29, 0.717) is 25.3 Å². The zero-order valence-electron chi connectivity index (χ0n) is 14.2. The molecule has 3 rings (SSSR count). The average Bonchev–Trinajstić information content (AvgIpc) is 2.64. The smallest absolute Gasteiger partial charge is 0.225 e. The van der Waals surface area contributed by atoms with Gasteiger partial charge in [0.25, 0.3) is 0 Å². The summed E-state index contributed by atoms with van der Waals surface area (Å²) in [6.45, 7) is 3.04. The lowest BCUT2D eigenvalue weighted by molar-refractivity contribution is -0.141. The van der Waals surface area contributed by atoms with Crippen molar-refractivity contribution in [1.29, 1.82) is 0 Å². The summed E-state index contributed by atoms with van der Waals surface area (Å²) in [5.74, 6) is -0.359. The molecule has 1 aliphatic heterocycles. The van der Waals surface area contributed by atoms with Crippen LogP contribution < -0.4 is 0 Å². The molecule has 1 N–H and O–H groups in total. The van der Waals surface area contributed by atoms with E-state index < -0.39 is 6.10 Å². The number of halogens is 1. The molecule has 0 bridgehead atoms. The van der Waals surface area contributed by atoms with Gasteiger partial charge in [-0.15, -0.1) is 0 Å². The van der Waals surface area contributed by atoms with E-state index in [4.69, 9.17) is 4.74 Å². The molecular weight excluding hydrogens is 321 g/mol. The number of rotatable bonds is 4. The van der Waals surface area contributed by atoms with Gasteiger partial charge in [0.15, 0.2) is 0 Å². The van der Waals surface area contributed by atoms with Crippen LogP contribution in [-0.2, 0) is 9.53 Å². The van der Waals surface area contributed by atoms with Crippen molar-refractivity contribution in [2.24, 2.45) is 0 Å². The third kappa shape index (κ3) is 4.24. The quantitative estimate of drug-likeness (QED) is 0.928. The first kappa shape index (κ1) is 17.6. The highest BCUT2D eigenvalue weighted by atomic mass is 19.1. The Kier molecular flexibility index (Phi) is 5.46. The molecule has 0 spiro atoms. The van der Waals surface area contributed by atoms with Crippen LogP contribution >= 0.6 is 0 Å². The maximum Gasteiger partial charge on any atom is 0.225 e. The molecule has 1 amide bonds. The summed E-state index contributed by atoms with van der Waals surface area (Å²) < 4.78 is 19.2. The maximum atomic E-state index is 13.4. The molecular formula is C20H22FNO3. The van der Waals surface area contributed by atoms with Crippen LogP contribution in [0.3, 0.4) is 0 Å². The van der Waals surface area contributed by atoms with Crippen LogP contribution in [0, 0.1) is 12.7 Å². The third-order valence-corrected chi connectivity index (χ3v) is 4.53. The number of benzene rings is 2. The molecule has 2 aromatic carbocycles. The van der Waals surface area contributed by atoms with E-state index in [1.165, 1.54) is 6.07 Å². The summed E-state index contributed by atoms with van der Waals surface area (Å²) in [5.41, 5.74) is 2.15. The number of amides is 1. The predicted molar refractivity (Wildman–Crippen MR) is 92.4 cm³/mol. The number of aliphatic hydroxyl groups is 1. The molecule has 0 saturated carbocycles. The minimum atomic E-state index is -0.817. The Morgan fingerprint density at radius 1 is 1.32 bits per heavy atom. The molecule has 2 aromatic rings. The Morgan fingerprint density at radius 3 is 2.80 bits per heavy atom. The third-order valence-electron chi connectivity index (χ3n) is 4.53. The standard InChI is InChI=1S/C20H22FNO3/c1-14-11-16(7-8-17(14)21)19-13-22(9-10-25-19)20(24)12-18(23)15-5-3-2-4-6-15/h2-8,11,18-19,23H,9-10,12-13H2,1H3. The van der Waals surface area contributed by atoms with Gasteiger partial charge in [-0.1, -0.05) is 42.5 Å². The molecule has 2 atom stereocenters. The van der Waals surface area contributed by atoms with Crippen LogP contribution in [0.2, 0.25) is 0 Å². The molecule has 1 fully saturated rings. The van der Waals surface area contributed by atoms with Gasteiger partial charge in [0.2, 0.25) is 5.91 Å². The number of carbonyl (C=O) groups excluding carboxylic acids is 1. The van der Waals surface area contributed by atoms with Crippen molar-refractivity contribution in [2.45, 2.75) is 25.6 Å². The van der Waals surface area contributed by atoms with Gasteiger partial charge in [0.1, 0.15) is 11.9 Å². The second-order valence-electron chi connectivity index (χ2n) is 6.34. The molecule has 4 nitrogen and oxygen atoms in total. The number of hydrogen-bond acceptors (Lipinski definition) is 3. The number of ether oxygens (including phenoxy) is 1. The zero-order chi connectivity index (χ0) is 17.8. The number of hydrogen-bond donors (Lipinski definition) is 1. The normalized spacial score (nSPS) is 18.8. The summed E-state index contributed by atoms with van der Waals surface area (Å²) >= 11 is 0. The van der Waals surface area contributed by atoms with Gasteiger partial charge < -0.3 is 14.7 Å². The predicted octanol–water partition coefficient (Wildman–Crippen LogP) is 3.16. The molecule has 0 aliphatic carbocycles. The molecule has 2 unspecified atom stereocenters. The largest absolute Gasteiger partial charge is 0.388 e. The fourth-order valence-corrected chi connectivity index (χ4v) is 3.03. The molecule has 1 aliphatic rings. The van der Waals surface area contributed by atoms with Crippen molar-refractivity contribution in [3.63, 3.8) is 0 Å². The molecule has 1 saturated heterocycles. The Morgan fingerprint density at radius 2 is 2.08 bits per heavy atom. The fraction of sp³-hybridized carbons (Fsp3) is 0.350. The topological polar surface area (TPSA) is 49.8 Å². The minimum absolute atomic E-state index is 0.0409. The first-order chi connectivity index (χ1) is 12.0. The Bertz CT molecular complexity index is 735. The van der Waals surface area contributed by atoms with Crippen molar-refractivity contribution >= 4 is 5.91 Å². The molecule has 5 heteroatoms. The van der Waals surface area contributed by atoms with Gasteiger partial charge in [-0.25, -0.2) is 4.39 Å². The van der Waals surface area contributed by atoms with Crippen molar-refractivity contribution in [3.8, 4) is 0 Å². The van der Waals surface area contributed by atoms with Crippen LogP contribution in [0.25, 0.3) is 0 Å². The molecule has 132 valence electrons. The minimum Gasteiger partial charge on any atom is -0.388 e. The summed E-state index contributed by atoms with van der Waals surface area (Å²) in [7, 11) is 0. The number of morpholine rings is 1. The first-order valence-electron chi connectivity index (χ1n) is 8.43. The van der Waals surface area contributed by atoms with E-state index in [1.54, 1.807) is 36.1 Å². The highest BCUT2D eigenvalue weighted by Gasteiger charge is 2.27. The fourth-order valence-electron chi connectivity index (χ4n) is 3.03. The van der Waals surface area contributed by atoms with Crippen LogP contribution in [0.4, 0.5) is 4.39 Å². The van der Waals surface area contributed by atoms with E-state index in [0.717, 1.165) is 11.1 Å². The summed E-state index contributed by atoms with van der Waals surface area (Å²) in [4.78, 5) is 14.2. The Balaban J connectivity index is 1.64. The highest BCUT2D eigenvalue weighted by molar-refractivity contribution is 5.77. The van der Waals surface area contributed by atoms with Crippen molar-refractivity contribution in [2.75, 3.05) is 19.7 Å². The van der Waals surface area contributed by atoms with Crippen molar-refractivity contribution < 1.29 is 19.0 Å². The SMILES string of the molecule is Cc1cc(C2CN(C(=O)CC(O)c3ccccc3)CCO2)ccc1F. The van der Waals surface area contributed by atoms with E-state index in [2.05, 4.69) is 0 Å². The number of aliphatic hydroxyl groups excluding tert-OH is 1. The second kappa shape index (κ2) is 7.76. The van der Waals surface area contributed by atoms with E-state index in [-0.39, 0.29) is 24.2 Å². The highest BCUT2D eigenvalue weighted by Crippen LogP contribution is 2.25. The molecule has 0 aromatic heterocycles. The number of aryl methyl sites for hydroxylation is 1. The van der Waals surface area contributed by atoms with Gasteiger partial charge >= 0.3 is 0 Å². The average molecular weight is 343 g/mol. The molecule has 0 radical (unpaired) electrons. The van der Waals surface area contributed by atoms with Gasteiger partial charge in [0.05, 0.1) is 25.7 Å². The number of carbonyl (C=O) groups is 1. The van der Waals surface area contributed by atoms with Gasteiger partial charge in [-0.3, -0.25) is 4.79 Å². The summed E-state index contributed by atoms with van der Waals surface area (Å²) in [6, 6.07) is 14.0. The molecule has 25 heavy (non-hydrogen) atoms. The Hall–Kier alpha value is -2.24. The Labute approximate surface area is 146 Å². The maximum absolute atomic E-state index is 13.4. The first-order valence-corrected chi connectivity index (χ1v) is 8.43. The van der Waals surface area contributed by atoms with Crippen LogP contribution in [0.1, 0.15) is 35.3 Å². The van der Waals surface area contributed by atoms with Crippen molar-refractivity contribution in [1.82, 2.24) is 4.90 Å². The van der Waals surface area contributed by atoms with Crippen LogP contribution in [0.5, 0.6) is 0 Å². The summed E-state index contributed by atoms with van der Waals surface area (Å²) in [6.07, 6.45) is -1.05. The van der Waals surface area contributed by atoms with E-state index >= 15 is 0 Å². The van der Waals surface area contributed by atoms with E-state index in [1.807, 2.05) is 18.2 Å². The lowest BCUT2D eigenvalue weighted by atomic mass is 10.0. The monoisotopic (exact) mass is 343 g/mol. The van der Waals surface area contributed by atoms with Crippen LogP contribution in [-0.4, -0.2) is 35.6 Å². The lowest BCUT2D eigenvalue weighted by Crippen LogP contribution is -2.42. The lowest BCUT2D eigenvalue weighted by Gasteiger charge is -2.34. The van der Waals surface area contributed by atoms with Crippen molar-refractivity contribution in [3.05, 3.63) is 71.0 Å². The zero-order valence-corrected chi connectivity index (χ0v) is 14.2. The van der Waals surface area contributed by atoms with E-state index in [9.17, 15) is 14.3 Å². The summed E-state index contributed by atoms with van der Waals surface area (Å²) in [5, 5.41) is 10.3. The second-order valence-corrected chi connectivity index (χ2v) is 6.34. The molecule has 1 heterocycles. The van der Waals surface area contributed by atoms with Gasteiger partial charge in [0, 0.05) is 6.54 Å².